The highest BCUT2D eigenvalue weighted by Gasteiger charge is 2.29. The van der Waals surface area contributed by atoms with Crippen LogP contribution >= 0.6 is 11.6 Å². The number of hydrogen-bond acceptors (Lipinski definition) is 4. The molecular formula is C16H17ClN4O. The summed E-state index contributed by atoms with van der Waals surface area (Å²) in [7, 11) is 0. The molecule has 1 aromatic carbocycles. The van der Waals surface area contributed by atoms with Gasteiger partial charge >= 0.3 is 0 Å². The van der Waals surface area contributed by atoms with Gasteiger partial charge in [-0.15, -0.1) is 0 Å². The Morgan fingerprint density at radius 2 is 2.00 bits per heavy atom. The van der Waals surface area contributed by atoms with Gasteiger partial charge in [0, 0.05) is 30.0 Å². The fraction of sp³-hybridized carbons (Fsp3) is 0.250. The molecule has 2 aromatic rings. The highest BCUT2D eigenvalue weighted by Crippen LogP contribution is 2.21. The fourth-order valence-electron chi connectivity index (χ4n) is 2.49. The number of halogens is 1. The number of carbonyl (C=O) groups excluding carboxylic acids is 1. The summed E-state index contributed by atoms with van der Waals surface area (Å²) in [6.07, 6.45) is 4.20. The predicted molar refractivity (Wildman–Crippen MR) is 85.0 cm³/mol. The topological polar surface area (TPSA) is 66.0 Å². The smallest absolute Gasteiger partial charge is 0.238 e. The number of pyridine rings is 1. The largest absolute Gasteiger partial charge is 0.351 e. The number of amides is 1. The lowest BCUT2D eigenvalue weighted by atomic mass is 10.0. The fourth-order valence-corrected chi connectivity index (χ4v) is 2.69. The van der Waals surface area contributed by atoms with Crippen LogP contribution in [0.5, 0.6) is 0 Å². The van der Waals surface area contributed by atoms with Crippen LogP contribution in [0, 0.1) is 0 Å². The van der Waals surface area contributed by atoms with Crippen LogP contribution in [-0.2, 0) is 11.3 Å². The van der Waals surface area contributed by atoms with E-state index >= 15 is 0 Å². The lowest BCUT2D eigenvalue weighted by Gasteiger charge is -2.11. The number of aromatic nitrogens is 1. The van der Waals surface area contributed by atoms with Crippen molar-refractivity contribution in [2.45, 2.75) is 25.0 Å². The van der Waals surface area contributed by atoms with Crippen molar-refractivity contribution in [2.24, 2.45) is 0 Å². The number of hydrogen-bond donors (Lipinski definition) is 3. The van der Waals surface area contributed by atoms with Crippen molar-refractivity contribution in [1.29, 1.82) is 0 Å². The van der Waals surface area contributed by atoms with E-state index in [1.165, 1.54) is 0 Å². The summed E-state index contributed by atoms with van der Waals surface area (Å²) in [6.45, 7) is 0.427. The first-order chi connectivity index (χ1) is 10.7. The van der Waals surface area contributed by atoms with Gasteiger partial charge in [-0.1, -0.05) is 29.8 Å². The molecule has 2 unspecified atom stereocenters. The number of rotatable bonds is 4. The highest BCUT2D eigenvalue weighted by atomic mass is 35.5. The average molecular weight is 317 g/mol. The normalized spacial score (nSPS) is 20.8. The monoisotopic (exact) mass is 316 g/mol. The molecule has 0 saturated carbocycles. The molecule has 2 heterocycles. The molecule has 22 heavy (non-hydrogen) atoms. The van der Waals surface area contributed by atoms with Crippen molar-refractivity contribution in [3.05, 3.63) is 64.9 Å². The van der Waals surface area contributed by atoms with Crippen LogP contribution in [0.15, 0.2) is 48.8 Å². The number of nitrogens with one attached hydrogen (secondary N) is 3. The minimum absolute atomic E-state index is 0.0380. The summed E-state index contributed by atoms with van der Waals surface area (Å²) in [4.78, 5) is 16.2. The number of benzene rings is 1. The molecule has 1 saturated heterocycles. The van der Waals surface area contributed by atoms with Crippen molar-refractivity contribution in [3.63, 3.8) is 0 Å². The summed E-state index contributed by atoms with van der Waals surface area (Å²) in [5.41, 5.74) is 8.22. The number of hydrazine groups is 1. The second-order valence-electron chi connectivity index (χ2n) is 5.22. The number of nitrogens with zero attached hydrogens (tertiary/aromatic N) is 1. The third kappa shape index (κ3) is 3.44. The van der Waals surface area contributed by atoms with Gasteiger partial charge in [0.1, 0.15) is 6.04 Å². The van der Waals surface area contributed by atoms with E-state index in [-0.39, 0.29) is 18.0 Å². The highest BCUT2D eigenvalue weighted by molar-refractivity contribution is 6.31. The van der Waals surface area contributed by atoms with Gasteiger partial charge in [-0.3, -0.25) is 9.78 Å². The molecule has 1 aliphatic heterocycles. The van der Waals surface area contributed by atoms with E-state index in [9.17, 15) is 4.79 Å². The standard InChI is InChI=1S/C16H17ClN4O/c17-13-4-2-1-3-12(13)10-19-16(22)15-9-14(20-21-15)11-5-7-18-8-6-11/h1-8,14-15,20-21H,9-10H2,(H,19,22). The van der Waals surface area contributed by atoms with Crippen molar-refractivity contribution < 1.29 is 4.79 Å². The van der Waals surface area contributed by atoms with Crippen LogP contribution in [0.1, 0.15) is 23.6 Å². The molecule has 1 amide bonds. The molecule has 0 radical (unpaired) electrons. The third-order valence-electron chi connectivity index (χ3n) is 3.74. The quantitative estimate of drug-likeness (QED) is 0.807. The van der Waals surface area contributed by atoms with Crippen LogP contribution in [-0.4, -0.2) is 16.9 Å². The van der Waals surface area contributed by atoms with Gasteiger partial charge in [0.2, 0.25) is 5.91 Å². The van der Waals surface area contributed by atoms with Gasteiger partial charge in [0.05, 0.1) is 0 Å². The maximum absolute atomic E-state index is 12.2. The van der Waals surface area contributed by atoms with Crippen molar-refractivity contribution in [1.82, 2.24) is 21.2 Å². The van der Waals surface area contributed by atoms with E-state index in [2.05, 4.69) is 21.2 Å². The summed E-state index contributed by atoms with van der Waals surface area (Å²) in [5, 5.41) is 3.58. The first kappa shape index (κ1) is 15.0. The zero-order valence-electron chi connectivity index (χ0n) is 11.9. The average Bonchev–Trinajstić information content (AvgIpc) is 3.05. The molecule has 6 heteroatoms. The van der Waals surface area contributed by atoms with Crippen LogP contribution in [0.3, 0.4) is 0 Å². The first-order valence-electron chi connectivity index (χ1n) is 7.16. The molecule has 0 spiro atoms. The van der Waals surface area contributed by atoms with Gasteiger partial charge in [-0.05, 0) is 35.7 Å². The summed E-state index contributed by atoms with van der Waals surface area (Å²) in [6, 6.07) is 11.2. The number of carbonyl (C=O) groups is 1. The van der Waals surface area contributed by atoms with E-state index in [4.69, 9.17) is 11.6 Å². The third-order valence-corrected chi connectivity index (χ3v) is 4.11. The van der Waals surface area contributed by atoms with Crippen LogP contribution in [0.25, 0.3) is 0 Å². The van der Waals surface area contributed by atoms with Gasteiger partial charge in [-0.25, -0.2) is 10.9 Å². The van der Waals surface area contributed by atoms with E-state index in [1.54, 1.807) is 12.4 Å². The molecule has 1 fully saturated rings. The molecular weight excluding hydrogens is 300 g/mol. The van der Waals surface area contributed by atoms with E-state index in [0.29, 0.717) is 18.0 Å². The van der Waals surface area contributed by atoms with Crippen LogP contribution < -0.4 is 16.2 Å². The Hall–Kier alpha value is -1.95. The maximum Gasteiger partial charge on any atom is 0.238 e. The molecule has 3 rings (SSSR count). The molecule has 1 aromatic heterocycles. The Balaban J connectivity index is 1.55. The summed E-state index contributed by atoms with van der Waals surface area (Å²) >= 11 is 6.09. The van der Waals surface area contributed by atoms with Gasteiger partial charge < -0.3 is 5.32 Å². The van der Waals surface area contributed by atoms with Crippen molar-refractivity contribution in [2.75, 3.05) is 0 Å². The molecule has 5 nitrogen and oxygen atoms in total. The Morgan fingerprint density at radius 3 is 2.77 bits per heavy atom. The van der Waals surface area contributed by atoms with Gasteiger partial charge in [0.15, 0.2) is 0 Å². The zero-order valence-corrected chi connectivity index (χ0v) is 12.7. The van der Waals surface area contributed by atoms with Crippen molar-refractivity contribution >= 4 is 17.5 Å². The summed E-state index contributed by atoms with van der Waals surface area (Å²) in [5.74, 6) is -0.0380. The molecule has 1 aliphatic rings. The van der Waals surface area contributed by atoms with Gasteiger partial charge in [-0.2, -0.15) is 0 Å². The van der Waals surface area contributed by atoms with Gasteiger partial charge in [0.25, 0.3) is 0 Å². The predicted octanol–water partition coefficient (Wildman–Crippen LogP) is 1.96. The Bertz CT molecular complexity index is 650. The Morgan fingerprint density at radius 1 is 1.23 bits per heavy atom. The Labute approximate surface area is 134 Å². The lowest BCUT2D eigenvalue weighted by molar-refractivity contribution is -0.123. The first-order valence-corrected chi connectivity index (χ1v) is 7.54. The molecule has 0 aliphatic carbocycles. The Kier molecular flexibility index (Phi) is 4.68. The van der Waals surface area contributed by atoms with Crippen LogP contribution in [0.4, 0.5) is 0 Å². The van der Waals surface area contributed by atoms with E-state index < -0.39 is 0 Å². The zero-order chi connectivity index (χ0) is 15.4. The second-order valence-corrected chi connectivity index (χ2v) is 5.63. The van der Waals surface area contributed by atoms with Crippen molar-refractivity contribution in [3.8, 4) is 0 Å². The second kappa shape index (κ2) is 6.87. The molecule has 114 valence electrons. The maximum atomic E-state index is 12.2. The molecule has 3 N–H and O–H groups in total. The minimum Gasteiger partial charge on any atom is -0.351 e. The van der Waals surface area contributed by atoms with Crippen LogP contribution in [0.2, 0.25) is 5.02 Å². The molecule has 2 atom stereocenters. The minimum atomic E-state index is -0.263. The lowest BCUT2D eigenvalue weighted by Crippen LogP contribution is -2.42. The van der Waals surface area contributed by atoms with E-state index in [0.717, 1.165) is 11.1 Å². The summed E-state index contributed by atoms with van der Waals surface area (Å²) < 4.78 is 0. The van der Waals surface area contributed by atoms with E-state index in [1.807, 2.05) is 36.4 Å². The SMILES string of the molecule is O=C(NCc1ccccc1Cl)C1CC(c2ccncc2)NN1. The molecule has 0 bridgehead atoms.